The zero-order valence-corrected chi connectivity index (χ0v) is 17.2. The third-order valence-electron chi connectivity index (χ3n) is 5.74. The lowest BCUT2D eigenvalue weighted by molar-refractivity contribution is 0.244. The molecule has 7 heteroatoms. The van der Waals surface area contributed by atoms with Gasteiger partial charge in [-0.1, -0.05) is 6.07 Å². The lowest BCUT2D eigenvalue weighted by atomic mass is 10.2. The number of rotatable bonds is 4. The van der Waals surface area contributed by atoms with Crippen LogP contribution >= 0.6 is 0 Å². The number of fused-ring (bicyclic) bond motifs is 1. The first-order chi connectivity index (χ1) is 13.9. The summed E-state index contributed by atoms with van der Waals surface area (Å²) in [7, 11) is 1.82. The molecule has 7 nitrogen and oxygen atoms in total. The summed E-state index contributed by atoms with van der Waals surface area (Å²) in [6.07, 6.45) is 1.64. The topological polar surface area (TPSA) is 63.4 Å². The Morgan fingerprint density at radius 2 is 1.79 bits per heavy atom. The van der Waals surface area contributed by atoms with Gasteiger partial charge in [-0.15, -0.1) is 0 Å². The summed E-state index contributed by atoms with van der Waals surface area (Å²) in [6, 6.07) is 11.4. The molecule has 0 aliphatic carbocycles. The van der Waals surface area contributed by atoms with Crippen LogP contribution in [0, 0.1) is 0 Å². The summed E-state index contributed by atoms with van der Waals surface area (Å²) in [5.74, 6) is 0. The number of nitrogens with zero attached hydrogens (tertiary/aromatic N) is 5. The number of benzene rings is 1. The lowest BCUT2D eigenvalue weighted by Crippen LogP contribution is -2.46. The van der Waals surface area contributed by atoms with E-state index in [-0.39, 0.29) is 17.2 Å². The smallest absolute Gasteiger partial charge is 0.261 e. The first-order valence-electron chi connectivity index (χ1n) is 10.1. The number of hydrogen-bond acceptors (Lipinski definition) is 5. The van der Waals surface area contributed by atoms with E-state index in [0.717, 1.165) is 49.6 Å². The van der Waals surface area contributed by atoms with E-state index in [1.165, 1.54) is 0 Å². The highest BCUT2D eigenvalue weighted by Crippen LogP contribution is 2.21. The largest absolute Gasteiger partial charge is 0.369 e. The molecule has 0 saturated carbocycles. The van der Waals surface area contributed by atoms with Gasteiger partial charge in [0.25, 0.3) is 5.56 Å². The molecule has 4 rings (SSSR count). The average Bonchev–Trinajstić information content (AvgIpc) is 2.72. The third kappa shape index (κ3) is 3.82. The molecule has 152 valence electrons. The normalized spacial score (nSPS) is 15.4. The van der Waals surface area contributed by atoms with Gasteiger partial charge in [0.1, 0.15) is 0 Å². The highest BCUT2D eigenvalue weighted by atomic mass is 16.1. The van der Waals surface area contributed by atoms with Gasteiger partial charge in [0.2, 0.25) is 5.56 Å². The van der Waals surface area contributed by atoms with Gasteiger partial charge in [0.05, 0.1) is 17.2 Å². The van der Waals surface area contributed by atoms with Crippen molar-refractivity contribution in [3.63, 3.8) is 0 Å². The Kier molecular flexibility index (Phi) is 5.24. The molecular formula is C22H27N5O2. The molecule has 1 aromatic carbocycles. The molecule has 0 unspecified atom stereocenters. The van der Waals surface area contributed by atoms with Gasteiger partial charge < -0.3 is 9.47 Å². The number of anilines is 1. The maximum absolute atomic E-state index is 12.6. The predicted molar refractivity (Wildman–Crippen MR) is 116 cm³/mol. The maximum Gasteiger partial charge on any atom is 0.261 e. The summed E-state index contributed by atoms with van der Waals surface area (Å²) in [5, 5.41) is 0.661. The van der Waals surface area contributed by atoms with Crippen LogP contribution in [0.1, 0.15) is 25.6 Å². The Bertz CT molecular complexity index is 1140. The van der Waals surface area contributed by atoms with Crippen LogP contribution in [0.15, 0.2) is 52.3 Å². The highest BCUT2D eigenvalue weighted by molar-refractivity contribution is 5.81. The highest BCUT2D eigenvalue weighted by Gasteiger charge is 2.19. The summed E-state index contributed by atoms with van der Waals surface area (Å²) >= 11 is 0. The molecule has 1 aliphatic heterocycles. The van der Waals surface area contributed by atoms with Crippen molar-refractivity contribution >= 4 is 16.6 Å². The van der Waals surface area contributed by atoms with E-state index >= 15 is 0 Å². The molecule has 3 aromatic rings. The molecule has 1 saturated heterocycles. The second kappa shape index (κ2) is 7.83. The minimum Gasteiger partial charge on any atom is -0.369 e. The van der Waals surface area contributed by atoms with Crippen LogP contribution in [0.4, 0.5) is 5.69 Å². The van der Waals surface area contributed by atoms with E-state index in [1.54, 1.807) is 21.5 Å². The number of aromatic nitrogens is 3. The Balaban J connectivity index is 1.47. The van der Waals surface area contributed by atoms with E-state index < -0.39 is 0 Å². The number of hydrogen-bond donors (Lipinski definition) is 0. The Hall–Kier alpha value is -2.93. The molecule has 0 spiro atoms. The van der Waals surface area contributed by atoms with E-state index in [4.69, 9.17) is 0 Å². The molecule has 0 bridgehead atoms. The van der Waals surface area contributed by atoms with Gasteiger partial charge in [-0.05, 0) is 38.1 Å². The van der Waals surface area contributed by atoms with Crippen molar-refractivity contribution in [2.75, 3.05) is 31.1 Å². The van der Waals surface area contributed by atoms with Crippen molar-refractivity contribution in [2.24, 2.45) is 7.05 Å². The molecular weight excluding hydrogens is 366 g/mol. The van der Waals surface area contributed by atoms with Gasteiger partial charge in [0, 0.05) is 63.3 Å². The molecule has 0 N–H and O–H groups in total. The van der Waals surface area contributed by atoms with Crippen LogP contribution < -0.4 is 16.0 Å². The molecule has 1 fully saturated rings. The van der Waals surface area contributed by atoms with Crippen LogP contribution in [0.25, 0.3) is 10.9 Å². The van der Waals surface area contributed by atoms with Crippen LogP contribution in [-0.2, 0) is 13.6 Å². The SMILES string of the molecule is CC(C)n1cnc2cc(N3CCN(Cc4cccc(=O)n4C)CC3)ccc2c1=O. The van der Waals surface area contributed by atoms with Gasteiger partial charge in [0.15, 0.2) is 0 Å². The predicted octanol–water partition coefficient (Wildman–Crippen LogP) is 2.00. The van der Waals surface area contributed by atoms with E-state index in [2.05, 4.69) is 14.8 Å². The molecule has 0 radical (unpaired) electrons. The zero-order valence-electron chi connectivity index (χ0n) is 17.2. The van der Waals surface area contributed by atoms with Crippen molar-refractivity contribution in [2.45, 2.75) is 26.4 Å². The van der Waals surface area contributed by atoms with Gasteiger partial charge in [-0.3, -0.25) is 19.1 Å². The molecule has 2 aromatic heterocycles. The number of piperazine rings is 1. The van der Waals surface area contributed by atoms with E-state index in [9.17, 15) is 9.59 Å². The molecule has 29 heavy (non-hydrogen) atoms. The first-order valence-corrected chi connectivity index (χ1v) is 10.1. The van der Waals surface area contributed by atoms with Crippen molar-refractivity contribution in [1.29, 1.82) is 0 Å². The standard InChI is InChI=1S/C22H27N5O2/c1-16(2)27-15-23-20-13-17(7-8-19(20)22(27)29)26-11-9-25(10-12-26)14-18-5-4-6-21(28)24(18)3/h4-8,13,15-16H,9-12,14H2,1-3H3. The van der Waals surface area contributed by atoms with Crippen molar-refractivity contribution < 1.29 is 0 Å². The fourth-order valence-electron chi connectivity index (χ4n) is 3.85. The molecule has 3 heterocycles. The second-order valence-electron chi connectivity index (χ2n) is 7.93. The average molecular weight is 393 g/mol. The van der Waals surface area contributed by atoms with Crippen molar-refractivity contribution in [3.05, 3.63) is 69.1 Å². The first kappa shape index (κ1) is 19.4. The van der Waals surface area contributed by atoms with Crippen molar-refractivity contribution in [1.82, 2.24) is 19.0 Å². The van der Waals surface area contributed by atoms with E-state index in [0.29, 0.717) is 5.39 Å². The summed E-state index contributed by atoms with van der Waals surface area (Å²) < 4.78 is 3.38. The third-order valence-corrected chi connectivity index (χ3v) is 5.74. The van der Waals surface area contributed by atoms with Crippen LogP contribution in [-0.4, -0.2) is 45.2 Å². The Labute approximate surface area is 169 Å². The van der Waals surface area contributed by atoms with Crippen LogP contribution in [0.3, 0.4) is 0 Å². The zero-order chi connectivity index (χ0) is 20.5. The van der Waals surface area contributed by atoms with Crippen LogP contribution in [0.2, 0.25) is 0 Å². The van der Waals surface area contributed by atoms with Gasteiger partial charge >= 0.3 is 0 Å². The van der Waals surface area contributed by atoms with Crippen molar-refractivity contribution in [3.8, 4) is 0 Å². The molecule has 0 amide bonds. The Morgan fingerprint density at radius 1 is 1.03 bits per heavy atom. The van der Waals surface area contributed by atoms with E-state index in [1.807, 2.05) is 51.2 Å². The van der Waals surface area contributed by atoms with Gasteiger partial charge in [-0.2, -0.15) is 0 Å². The monoisotopic (exact) mass is 393 g/mol. The molecule has 0 atom stereocenters. The summed E-state index contributed by atoms with van der Waals surface area (Å²) in [6.45, 7) is 8.37. The second-order valence-corrected chi connectivity index (χ2v) is 7.93. The number of pyridine rings is 1. The summed E-state index contributed by atoms with van der Waals surface area (Å²) in [5.41, 5.74) is 2.91. The lowest BCUT2D eigenvalue weighted by Gasteiger charge is -2.36. The fourth-order valence-corrected chi connectivity index (χ4v) is 3.85. The molecule has 1 aliphatic rings. The van der Waals surface area contributed by atoms with Gasteiger partial charge in [-0.25, -0.2) is 4.98 Å². The Morgan fingerprint density at radius 3 is 2.52 bits per heavy atom. The minimum atomic E-state index is 0.00911. The summed E-state index contributed by atoms with van der Waals surface area (Å²) in [4.78, 5) is 33.6. The minimum absolute atomic E-state index is 0.00911. The maximum atomic E-state index is 12.6. The van der Waals surface area contributed by atoms with Crippen LogP contribution in [0.5, 0.6) is 0 Å². The fraction of sp³-hybridized carbons (Fsp3) is 0.409. The quantitative estimate of drug-likeness (QED) is 0.678.